The second-order valence-corrected chi connectivity index (χ2v) is 7.96. The number of rotatable bonds is 5. The van der Waals surface area contributed by atoms with Crippen molar-refractivity contribution in [2.75, 3.05) is 0 Å². The molecule has 0 saturated heterocycles. The summed E-state index contributed by atoms with van der Waals surface area (Å²) in [5, 5.41) is 3.09. The number of nitrogens with zero attached hydrogens (tertiary/aromatic N) is 1. The van der Waals surface area contributed by atoms with Gasteiger partial charge in [-0.05, 0) is 38.3 Å². The van der Waals surface area contributed by atoms with Crippen LogP contribution in [0.3, 0.4) is 0 Å². The van der Waals surface area contributed by atoms with Crippen LogP contribution < -0.4 is 5.32 Å². The summed E-state index contributed by atoms with van der Waals surface area (Å²) >= 11 is 0. The zero-order valence-electron chi connectivity index (χ0n) is 17.1. The molecule has 0 aliphatic heterocycles. The van der Waals surface area contributed by atoms with Gasteiger partial charge in [-0.15, -0.1) is 0 Å². The minimum Gasteiger partial charge on any atom is -0.468 e. The van der Waals surface area contributed by atoms with E-state index >= 15 is 0 Å². The molecule has 1 aromatic carbocycles. The average molecular weight is 390 g/mol. The molecule has 5 nitrogen and oxygen atoms in total. The van der Waals surface area contributed by atoms with Gasteiger partial charge in [0.2, 0.25) is 0 Å². The van der Waals surface area contributed by atoms with Crippen molar-refractivity contribution in [1.82, 2.24) is 9.88 Å². The van der Waals surface area contributed by atoms with Crippen molar-refractivity contribution in [3.8, 4) is 11.1 Å². The van der Waals surface area contributed by atoms with Crippen LogP contribution in [-0.2, 0) is 7.05 Å². The predicted molar refractivity (Wildman–Crippen MR) is 112 cm³/mol. The second kappa shape index (κ2) is 7.74. The molecule has 1 aliphatic rings. The highest BCUT2D eigenvalue weighted by Crippen LogP contribution is 2.30. The van der Waals surface area contributed by atoms with Crippen molar-refractivity contribution >= 4 is 11.7 Å². The second-order valence-electron chi connectivity index (χ2n) is 7.96. The molecule has 150 valence electrons. The quantitative estimate of drug-likeness (QED) is 0.636. The summed E-state index contributed by atoms with van der Waals surface area (Å²) in [7, 11) is 1.80. The molecule has 2 heterocycles. The molecule has 3 aromatic rings. The number of benzene rings is 1. The predicted octanol–water partition coefficient (Wildman–Crippen LogP) is 4.81. The van der Waals surface area contributed by atoms with Gasteiger partial charge in [0, 0.05) is 30.4 Å². The molecule has 2 aromatic heterocycles. The highest BCUT2D eigenvalue weighted by Gasteiger charge is 2.25. The number of amides is 1. The highest BCUT2D eigenvalue weighted by atomic mass is 16.3. The summed E-state index contributed by atoms with van der Waals surface area (Å²) in [6.07, 6.45) is 7.71. The minimum atomic E-state index is -0.137. The van der Waals surface area contributed by atoms with Gasteiger partial charge in [-0.25, -0.2) is 0 Å². The third-order valence-electron chi connectivity index (χ3n) is 5.75. The molecule has 0 unspecified atom stereocenters. The Kier molecular flexibility index (Phi) is 5.14. The Morgan fingerprint density at radius 1 is 1.10 bits per heavy atom. The Balaban J connectivity index is 1.63. The summed E-state index contributed by atoms with van der Waals surface area (Å²) in [6, 6.07) is 9.92. The molecular formula is C24H26N2O3. The Morgan fingerprint density at radius 2 is 1.79 bits per heavy atom. The summed E-state index contributed by atoms with van der Waals surface area (Å²) < 4.78 is 7.31. The van der Waals surface area contributed by atoms with E-state index in [2.05, 4.69) is 5.32 Å². The van der Waals surface area contributed by atoms with E-state index in [1.54, 1.807) is 37.1 Å². The molecule has 1 saturated carbocycles. The average Bonchev–Trinajstić information content (AvgIpc) is 3.42. The number of nitrogens with one attached hydrogen (secondary N) is 1. The Bertz CT molecular complexity index is 1050. The molecule has 0 radical (unpaired) electrons. The van der Waals surface area contributed by atoms with Crippen LogP contribution >= 0.6 is 0 Å². The number of carbonyl (C=O) groups excluding carboxylic acids is 2. The van der Waals surface area contributed by atoms with E-state index in [4.69, 9.17) is 4.42 Å². The molecule has 0 atom stereocenters. The first-order valence-corrected chi connectivity index (χ1v) is 10.1. The lowest BCUT2D eigenvalue weighted by atomic mass is 9.96. The third kappa shape index (κ3) is 3.77. The van der Waals surface area contributed by atoms with Gasteiger partial charge in [-0.2, -0.15) is 0 Å². The number of furan rings is 1. The lowest BCUT2D eigenvalue weighted by Crippen LogP contribution is -2.33. The van der Waals surface area contributed by atoms with E-state index < -0.39 is 0 Å². The molecule has 1 aliphatic carbocycles. The fourth-order valence-electron chi connectivity index (χ4n) is 4.07. The standard InChI is InChI=1S/C24H26N2O3/c1-15-8-10-17(11-9-15)20-14-29-16(2)22(20)23(27)18-12-21(26(3)13-18)24(28)25-19-6-4-5-7-19/h8-14,19H,4-7H2,1-3H3,(H,25,28). The molecule has 4 rings (SSSR count). The Hall–Kier alpha value is -3.08. The van der Waals surface area contributed by atoms with E-state index in [-0.39, 0.29) is 17.7 Å². The largest absolute Gasteiger partial charge is 0.468 e. The van der Waals surface area contributed by atoms with Crippen LogP contribution in [0.5, 0.6) is 0 Å². The van der Waals surface area contributed by atoms with Gasteiger partial charge in [-0.1, -0.05) is 42.7 Å². The number of hydrogen-bond acceptors (Lipinski definition) is 3. The highest BCUT2D eigenvalue weighted by molar-refractivity contribution is 6.14. The van der Waals surface area contributed by atoms with Gasteiger partial charge in [-0.3, -0.25) is 9.59 Å². The number of ketones is 1. The number of aryl methyl sites for hydroxylation is 3. The van der Waals surface area contributed by atoms with Crippen LogP contribution in [0.25, 0.3) is 11.1 Å². The number of aromatic nitrogens is 1. The Morgan fingerprint density at radius 3 is 2.48 bits per heavy atom. The van der Waals surface area contributed by atoms with Crippen molar-refractivity contribution in [2.45, 2.75) is 45.6 Å². The van der Waals surface area contributed by atoms with Crippen molar-refractivity contribution < 1.29 is 14.0 Å². The third-order valence-corrected chi connectivity index (χ3v) is 5.75. The fraction of sp³-hybridized carbons (Fsp3) is 0.333. The van der Waals surface area contributed by atoms with Crippen LogP contribution in [0.2, 0.25) is 0 Å². The van der Waals surface area contributed by atoms with Crippen LogP contribution in [-0.4, -0.2) is 22.3 Å². The van der Waals surface area contributed by atoms with E-state index in [0.29, 0.717) is 22.6 Å². The van der Waals surface area contributed by atoms with Gasteiger partial charge in [0.05, 0.1) is 11.8 Å². The maximum atomic E-state index is 13.3. The monoisotopic (exact) mass is 390 g/mol. The van der Waals surface area contributed by atoms with Crippen molar-refractivity contribution in [1.29, 1.82) is 0 Å². The van der Waals surface area contributed by atoms with E-state index in [1.807, 2.05) is 31.2 Å². The zero-order valence-corrected chi connectivity index (χ0v) is 17.1. The number of hydrogen-bond donors (Lipinski definition) is 1. The SMILES string of the molecule is Cc1ccc(-c2coc(C)c2C(=O)c2cc(C(=O)NC3CCCC3)n(C)c2)cc1. The molecule has 0 spiro atoms. The van der Waals surface area contributed by atoms with Gasteiger partial charge in [0.15, 0.2) is 5.78 Å². The molecule has 29 heavy (non-hydrogen) atoms. The van der Waals surface area contributed by atoms with Gasteiger partial charge in [0.25, 0.3) is 5.91 Å². The maximum absolute atomic E-state index is 13.3. The molecule has 1 amide bonds. The lowest BCUT2D eigenvalue weighted by molar-refractivity contribution is 0.0929. The van der Waals surface area contributed by atoms with E-state index in [0.717, 1.165) is 42.4 Å². The summed E-state index contributed by atoms with van der Waals surface area (Å²) in [5.41, 5.74) is 4.39. The molecule has 0 bridgehead atoms. The summed E-state index contributed by atoms with van der Waals surface area (Å²) in [6.45, 7) is 3.82. The van der Waals surface area contributed by atoms with Crippen molar-refractivity contribution in [3.63, 3.8) is 0 Å². The van der Waals surface area contributed by atoms with Gasteiger partial charge >= 0.3 is 0 Å². The number of carbonyl (C=O) groups is 2. The minimum absolute atomic E-state index is 0.124. The first kappa shape index (κ1) is 19.2. The van der Waals surface area contributed by atoms with Gasteiger partial charge < -0.3 is 14.3 Å². The van der Waals surface area contributed by atoms with Crippen LogP contribution in [0.15, 0.2) is 47.2 Å². The fourth-order valence-corrected chi connectivity index (χ4v) is 4.07. The molecule has 1 fully saturated rings. The van der Waals surface area contributed by atoms with Crippen LogP contribution in [0.1, 0.15) is 63.4 Å². The zero-order chi connectivity index (χ0) is 20.5. The molecule has 1 N–H and O–H groups in total. The molecular weight excluding hydrogens is 364 g/mol. The smallest absolute Gasteiger partial charge is 0.268 e. The lowest BCUT2D eigenvalue weighted by Gasteiger charge is -2.11. The van der Waals surface area contributed by atoms with Gasteiger partial charge in [0.1, 0.15) is 11.5 Å². The Labute approximate surface area is 170 Å². The summed E-state index contributed by atoms with van der Waals surface area (Å²) in [4.78, 5) is 26.0. The first-order valence-electron chi connectivity index (χ1n) is 10.1. The van der Waals surface area contributed by atoms with Crippen LogP contribution in [0.4, 0.5) is 0 Å². The van der Waals surface area contributed by atoms with E-state index in [9.17, 15) is 9.59 Å². The normalized spacial score (nSPS) is 14.3. The summed E-state index contributed by atoms with van der Waals surface area (Å²) in [5.74, 6) is 0.315. The van der Waals surface area contributed by atoms with Crippen LogP contribution in [0, 0.1) is 13.8 Å². The topological polar surface area (TPSA) is 64.2 Å². The molecule has 5 heteroatoms. The van der Waals surface area contributed by atoms with Crippen molar-refractivity contribution in [3.05, 3.63) is 70.9 Å². The van der Waals surface area contributed by atoms with Crippen molar-refractivity contribution in [2.24, 2.45) is 7.05 Å². The first-order chi connectivity index (χ1) is 13.9. The maximum Gasteiger partial charge on any atom is 0.268 e. The van der Waals surface area contributed by atoms with E-state index in [1.165, 1.54) is 0 Å².